The average molecular weight is 284 g/mol. The molecular weight excluding hydrogens is 264 g/mol. The van der Waals surface area contributed by atoms with Gasteiger partial charge in [-0.05, 0) is 12.1 Å². The Labute approximate surface area is 124 Å². The molecular formula is C16H20N4O. The number of benzene rings is 1. The van der Waals surface area contributed by atoms with E-state index in [0.717, 1.165) is 49.6 Å². The molecule has 1 aromatic carbocycles. The summed E-state index contributed by atoms with van der Waals surface area (Å²) in [4.78, 5) is 13.8. The molecule has 0 N–H and O–H groups in total. The highest BCUT2D eigenvalue weighted by molar-refractivity contribution is 5.84. The summed E-state index contributed by atoms with van der Waals surface area (Å²) in [5.74, 6) is 1.40. The van der Waals surface area contributed by atoms with E-state index in [1.807, 2.05) is 30.3 Å². The van der Waals surface area contributed by atoms with E-state index in [2.05, 4.69) is 26.3 Å². The summed E-state index contributed by atoms with van der Waals surface area (Å²) in [6, 6.07) is 7.94. The highest BCUT2D eigenvalue weighted by Gasteiger charge is 2.19. The first-order chi connectivity index (χ1) is 10.3. The van der Waals surface area contributed by atoms with E-state index >= 15 is 0 Å². The summed E-state index contributed by atoms with van der Waals surface area (Å²) in [7, 11) is 1.65. The number of hydrogen-bond acceptors (Lipinski definition) is 5. The summed E-state index contributed by atoms with van der Waals surface area (Å²) in [6.07, 6.45) is 1.95. The van der Waals surface area contributed by atoms with Gasteiger partial charge < -0.3 is 9.64 Å². The number of rotatable bonds is 4. The van der Waals surface area contributed by atoms with Crippen molar-refractivity contribution in [1.82, 2.24) is 14.9 Å². The first-order valence-electron chi connectivity index (χ1n) is 7.21. The van der Waals surface area contributed by atoms with Crippen molar-refractivity contribution < 1.29 is 4.74 Å². The predicted octanol–water partition coefficient (Wildman–Crippen LogP) is 1.95. The molecule has 2 aromatic rings. The molecule has 0 unspecified atom stereocenters. The Morgan fingerprint density at radius 2 is 1.95 bits per heavy atom. The van der Waals surface area contributed by atoms with Crippen molar-refractivity contribution in [2.75, 3.05) is 44.7 Å². The Balaban J connectivity index is 1.86. The maximum atomic E-state index is 5.42. The van der Waals surface area contributed by atoms with Crippen LogP contribution in [0.5, 0.6) is 5.88 Å². The van der Waals surface area contributed by atoms with Gasteiger partial charge in [0.15, 0.2) is 0 Å². The van der Waals surface area contributed by atoms with E-state index in [9.17, 15) is 0 Å². The molecule has 1 aliphatic heterocycles. The quantitative estimate of drug-likeness (QED) is 0.803. The molecule has 1 fully saturated rings. The summed E-state index contributed by atoms with van der Waals surface area (Å²) in [5, 5.41) is 0.953. The number of nitrogens with zero attached hydrogens (tertiary/aromatic N) is 4. The number of methoxy groups -OCH3 is 1. The van der Waals surface area contributed by atoms with Crippen LogP contribution in [0.25, 0.3) is 10.9 Å². The van der Waals surface area contributed by atoms with E-state index in [-0.39, 0.29) is 0 Å². The van der Waals surface area contributed by atoms with Crippen molar-refractivity contribution in [3.05, 3.63) is 36.9 Å². The minimum absolute atomic E-state index is 0.643. The van der Waals surface area contributed by atoms with Gasteiger partial charge in [0.1, 0.15) is 0 Å². The first kappa shape index (κ1) is 13.8. The minimum atomic E-state index is 0.643. The second-order valence-corrected chi connectivity index (χ2v) is 5.13. The third-order valence-corrected chi connectivity index (χ3v) is 3.79. The number of para-hydroxylation sites is 1. The molecule has 1 saturated heterocycles. The molecule has 0 amide bonds. The monoisotopic (exact) mass is 284 g/mol. The number of hydrogen-bond donors (Lipinski definition) is 0. The molecule has 0 bridgehead atoms. The number of ether oxygens (including phenoxy) is 1. The van der Waals surface area contributed by atoms with Crippen LogP contribution in [0, 0.1) is 0 Å². The summed E-state index contributed by atoms with van der Waals surface area (Å²) < 4.78 is 5.42. The fourth-order valence-electron chi connectivity index (χ4n) is 2.65. The molecule has 1 aromatic heterocycles. The maximum absolute atomic E-state index is 5.42. The Kier molecular flexibility index (Phi) is 4.01. The Morgan fingerprint density at radius 1 is 1.19 bits per heavy atom. The van der Waals surface area contributed by atoms with Crippen LogP contribution in [0.1, 0.15) is 0 Å². The summed E-state index contributed by atoms with van der Waals surface area (Å²) in [6.45, 7) is 8.59. The third-order valence-electron chi connectivity index (χ3n) is 3.79. The molecule has 2 heterocycles. The molecule has 0 aliphatic carbocycles. The van der Waals surface area contributed by atoms with Crippen LogP contribution in [0.2, 0.25) is 0 Å². The van der Waals surface area contributed by atoms with Crippen molar-refractivity contribution >= 4 is 16.9 Å². The van der Waals surface area contributed by atoms with Gasteiger partial charge in [-0.2, -0.15) is 4.98 Å². The highest BCUT2D eigenvalue weighted by atomic mass is 16.5. The van der Waals surface area contributed by atoms with Crippen molar-refractivity contribution in [3.8, 4) is 5.88 Å². The molecule has 3 rings (SSSR count). The molecule has 0 spiro atoms. The topological polar surface area (TPSA) is 41.5 Å². The van der Waals surface area contributed by atoms with Gasteiger partial charge in [0.25, 0.3) is 0 Å². The lowest BCUT2D eigenvalue weighted by atomic mass is 10.2. The second-order valence-electron chi connectivity index (χ2n) is 5.13. The van der Waals surface area contributed by atoms with Crippen LogP contribution in [-0.2, 0) is 0 Å². The lowest BCUT2D eigenvalue weighted by Crippen LogP contribution is -2.46. The number of anilines is 1. The van der Waals surface area contributed by atoms with Crippen molar-refractivity contribution in [3.63, 3.8) is 0 Å². The van der Waals surface area contributed by atoms with Crippen molar-refractivity contribution in [1.29, 1.82) is 0 Å². The third kappa shape index (κ3) is 2.83. The number of piperazine rings is 1. The van der Waals surface area contributed by atoms with Gasteiger partial charge in [0, 0.05) is 32.7 Å². The lowest BCUT2D eigenvalue weighted by Gasteiger charge is -2.34. The van der Waals surface area contributed by atoms with E-state index in [1.54, 1.807) is 7.11 Å². The van der Waals surface area contributed by atoms with Gasteiger partial charge in [0.05, 0.1) is 18.0 Å². The predicted molar refractivity (Wildman–Crippen MR) is 84.9 cm³/mol. The largest absolute Gasteiger partial charge is 0.480 e. The molecule has 0 radical (unpaired) electrons. The molecule has 5 nitrogen and oxygen atoms in total. The van der Waals surface area contributed by atoms with Gasteiger partial charge in [-0.25, -0.2) is 4.98 Å². The van der Waals surface area contributed by atoms with Gasteiger partial charge in [-0.3, -0.25) is 4.90 Å². The van der Waals surface area contributed by atoms with Crippen LogP contribution < -0.4 is 9.64 Å². The molecule has 0 saturated carbocycles. The van der Waals surface area contributed by atoms with Gasteiger partial charge >= 0.3 is 0 Å². The molecule has 1 aliphatic rings. The average Bonchev–Trinajstić information content (AvgIpc) is 2.55. The van der Waals surface area contributed by atoms with Crippen LogP contribution >= 0.6 is 0 Å². The van der Waals surface area contributed by atoms with Crippen LogP contribution in [0.15, 0.2) is 36.9 Å². The standard InChI is InChI=1S/C16H20N4O/c1-3-8-19-9-11-20(12-10-19)16-17-14-7-5-4-6-13(14)15(18-16)21-2/h3-7H,1,8-12H2,2H3. The zero-order chi connectivity index (χ0) is 14.7. The highest BCUT2D eigenvalue weighted by Crippen LogP contribution is 2.25. The number of aromatic nitrogens is 2. The second kappa shape index (κ2) is 6.10. The minimum Gasteiger partial charge on any atom is -0.480 e. The summed E-state index contributed by atoms with van der Waals surface area (Å²) in [5.41, 5.74) is 0.924. The fraction of sp³-hybridized carbons (Fsp3) is 0.375. The maximum Gasteiger partial charge on any atom is 0.229 e. The lowest BCUT2D eigenvalue weighted by molar-refractivity contribution is 0.282. The smallest absolute Gasteiger partial charge is 0.229 e. The SMILES string of the molecule is C=CCN1CCN(c2nc(OC)c3ccccc3n2)CC1. The van der Waals surface area contributed by atoms with E-state index < -0.39 is 0 Å². The zero-order valence-corrected chi connectivity index (χ0v) is 12.3. The molecule has 5 heteroatoms. The Hall–Kier alpha value is -2.14. The van der Waals surface area contributed by atoms with Gasteiger partial charge in [-0.15, -0.1) is 6.58 Å². The van der Waals surface area contributed by atoms with Gasteiger partial charge in [0.2, 0.25) is 11.8 Å². The van der Waals surface area contributed by atoms with E-state index in [0.29, 0.717) is 5.88 Å². The summed E-state index contributed by atoms with van der Waals surface area (Å²) >= 11 is 0. The van der Waals surface area contributed by atoms with Crippen LogP contribution in [0.3, 0.4) is 0 Å². The number of fused-ring (bicyclic) bond motifs is 1. The van der Waals surface area contributed by atoms with Crippen molar-refractivity contribution in [2.45, 2.75) is 0 Å². The first-order valence-corrected chi connectivity index (χ1v) is 7.21. The Morgan fingerprint density at radius 3 is 2.67 bits per heavy atom. The normalized spacial score (nSPS) is 16.1. The van der Waals surface area contributed by atoms with Crippen LogP contribution in [-0.4, -0.2) is 54.7 Å². The van der Waals surface area contributed by atoms with Crippen LogP contribution in [0.4, 0.5) is 5.95 Å². The van der Waals surface area contributed by atoms with E-state index in [1.165, 1.54) is 0 Å². The van der Waals surface area contributed by atoms with Crippen molar-refractivity contribution in [2.24, 2.45) is 0 Å². The zero-order valence-electron chi connectivity index (χ0n) is 12.3. The van der Waals surface area contributed by atoms with Gasteiger partial charge in [-0.1, -0.05) is 18.2 Å². The molecule has 110 valence electrons. The molecule has 0 atom stereocenters. The Bertz CT molecular complexity index is 635. The molecule has 21 heavy (non-hydrogen) atoms. The van der Waals surface area contributed by atoms with E-state index in [4.69, 9.17) is 4.74 Å². The fourth-order valence-corrected chi connectivity index (χ4v) is 2.65.